The van der Waals surface area contributed by atoms with Crippen LogP contribution in [0.2, 0.25) is 0 Å². The molecule has 6 heteroatoms. The molecule has 1 aromatic rings. The van der Waals surface area contributed by atoms with Crippen LogP contribution in [0.5, 0.6) is 5.75 Å². The summed E-state index contributed by atoms with van der Waals surface area (Å²) in [5, 5.41) is 13.7. The fourth-order valence-electron chi connectivity index (χ4n) is 2.11. The zero-order valence-electron chi connectivity index (χ0n) is 14.5. The monoisotopic (exact) mass is 331 g/mol. The van der Waals surface area contributed by atoms with Crippen molar-refractivity contribution < 1.29 is 14.3 Å². The number of hydrogen-bond acceptors (Lipinski definition) is 4. The third kappa shape index (κ3) is 6.69. The molecule has 2 N–H and O–H groups in total. The lowest BCUT2D eigenvalue weighted by atomic mass is 10.0. The van der Waals surface area contributed by atoms with Gasteiger partial charge in [0.1, 0.15) is 12.2 Å². The highest BCUT2D eigenvalue weighted by Crippen LogP contribution is 2.26. The van der Waals surface area contributed by atoms with Crippen molar-refractivity contribution in [2.24, 2.45) is 0 Å². The number of benzene rings is 1. The Morgan fingerprint density at radius 1 is 1.17 bits per heavy atom. The second kappa shape index (κ2) is 10.3. The summed E-state index contributed by atoms with van der Waals surface area (Å²) in [4.78, 5) is 23.2. The predicted octanol–water partition coefficient (Wildman–Crippen LogP) is 2.11. The lowest BCUT2D eigenvalue weighted by molar-refractivity contribution is -0.127. The van der Waals surface area contributed by atoms with E-state index in [-0.39, 0.29) is 18.2 Å². The molecule has 1 atom stereocenters. The number of ether oxygens (including phenoxy) is 1. The van der Waals surface area contributed by atoms with Gasteiger partial charge in [-0.05, 0) is 30.9 Å². The summed E-state index contributed by atoms with van der Waals surface area (Å²) in [5.41, 5.74) is 1.07. The Balaban J connectivity index is 2.36. The number of rotatable bonds is 9. The van der Waals surface area contributed by atoms with Gasteiger partial charge in [0.25, 0.3) is 5.91 Å². The molecule has 0 aliphatic rings. The lowest BCUT2D eigenvalue weighted by Crippen LogP contribution is -2.38. The van der Waals surface area contributed by atoms with E-state index >= 15 is 0 Å². The van der Waals surface area contributed by atoms with Gasteiger partial charge < -0.3 is 15.4 Å². The summed E-state index contributed by atoms with van der Waals surface area (Å²) < 4.78 is 5.78. The van der Waals surface area contributed by atoms with Crippen LogP contribution in [0, 0.1) is 11.3 Å². The van der Waals surface area contributed by atoms with Crippen LogP contribution in [0.15, 0.2) is 24.3 Å². The van der Waals surface area contributed by atoms with Crippen LogP contribution in [0.3, 0.4) is 0 Å². The minimum absolute atomic E-state index is 0.146. The summed E-state index contributed by atoms with van der Waals surface area (Å²) in [6.07, 6.45) is -0.150. The lowest BCUT2D eigenvalue weighted by Gasteiger charge is -2.18. The number of carbonyl (C=O) groups is 2. The third-order valence-electron chi connectivity index (χ3n) is 3.43. The standard InChI is InChI=1S/C18H25N3O3/c1-13(2)15-7-4-5-8-16(15)24-14(3)18(23)21-12-6-11-20-17(22)9-10-19/h4-5,7-8,13-14H,6,9,11-12H2,1-3H3,(H,20,22)(H,21,23). The van der Waals surface area contributed by atoms with Gasteiger partial charge in [0.2, 0.25) is 5.91 Å². The van der Waals surface area contributed by atoms with E-state index in [4.69, 9.17) is 10.00 Å². The normalized spacial score (nSPS) is 11.5. The molecular formula is C18H25N3O3. The van der Waals surface area contributed by atoms with Gasteiger partial charge in [-0.1, -0.05) is 32.0 Å². The number of nitrogens with zero attached hydrogens (tertiary/aromatic N) is 1. The Bertz CT molecular complexity index is 593. The van der Waals surface area contributed by atoms with E-state index in [1.807, 2.05) is 24.3 Å². The molecular weight excluding hydrogens is 306 g/mol. The highest BCUT2D eigenvalue weighted by molar-refractivity contribution is 5.80. The molecule has 0 saturated heterocycles. The van der Waals surface area contributed by atoms with Crippen LogP contribution >= 0.6 is 0 Å². The zero-order valence-corrected chi connectivity index (χ0v) is 14.5. The van der Waals surface area contributed by atoms with Gasteiger partial charge in [-0.15, -0.1) is 0 Å². The molecule has 24 heavy (non-hydrogen) atoms. The molecule has 6 nitrogen and oxygen atoms in total. The maximum atomic E-state index is 12.1. The van der Waals surface area contributed by atoms with Gasteiger partial charge in [-0.2, -0.15) is 5.26 Å². The summed E-state index contributed by atoms with van der Waals surface area (Å²) in [6.45, 7) is 6.72. The van der Waals surface area contributed by atoms with Crippen LogP contribution in [-0.4, -0.2) is 31.0 Å². The maximum Gasteiger partial charge on any atom is 0.260 e. The van der Waals surface area contributed by atoms with E-state index in [0.29, 0.717) is 25.4 Å². The maximum absolute atomic E-state index is 12.1. The zero-order chi connectivity index (χ0) is 17.9. The van der Waals surface area contributed by atoms with E-state index in [2.05, 4.69) is 24.5 Å². The highest BCUT2D eigenvalue weighted by atomic mass is 16.5. The number of hydrogen-bond donors (Lipinski definition) is 2. The van der Waals surface area contributed by atoms with E-state index in [1.54, 1.807) is 13.0 Å². The fourth-order valence-corrected chi connectivity index (χ4v) is 2.11. The fraction of sp³-hybridized carbons (Fsp3) is 0.500. The molecule has 0 aromatic heterocycles. The Kier molecular flexibility index (Phi) is 8.34. The van der Waals surface area contributed by atoms with E-state index in [9.17, 15) is 9.59 Å². The second-order valence-corrected chi connectivity index (χ2v) is 5.78. The first-order valence-corrected chi connectivity index (χ1v) is 8.12. The summed E-state index contributed by atoms with van der Waals surface area (Å²) >= 11 is 0. The Labute approximate surface area is 143 Å². The van der Waals surface area contributed by atoms with E-state index in [0.717, 1.165) is 11.3 Å². The quantitative estimate of drug-likeness (QED) is 0.678. The molecule has 0 aliphatic heterocycles. The van der Waals surface area contributed by atoms with Crippen molar-refractivity contribution >= 4 is 11.8 Å². The van der Waals surface area contributed by atoms with Gasteiger partial charge in [-0.3, -0.25) is 9.59 Å². The van der Waals surface area contributed by atoms with Crippen molar-refractivity contribution in [3.8, 4) is 11.8 Å². The van der Waals surface area contributed by atoms with Crippen molar-refractivity contribution in [3.05, 3.63) is 29.8 Å². The topological polar surface area (TPSA) is 91.2 Å². The van der Waals surface area contributed by atoms with Gasteiger partial charge in [-0.25, -0.2) is 0 Å². The molecule has 0 aliphatic carbocycles. The Hall–Kier alpha value is -2.55. The van der Waals surface area contributed by atoms with Crippen molar-refractivity contribution in [2.75, 3.05) is 13.1 Å². The molecule has 1 rings (SSSR count). The minimum atomic E-state index is -0.599. The first-order valence-electron chi connectivity index (χ1n) is 8.12. The molecule has 0 fully saturated rings. The Morgan fingerprint density at radius 3 is 2.50 bits per heavy atom. The van der Waals surface area contributed by atoms with Crippen molar-refractivity contribution in [1.82, 2.24) is 10.6 Å². The molecule has 0 spiro atoms. The number of nitrogens with one attached hydrogen (secondary N) is 2. The second-order valence-electron chi connectivity index (χ2n) is 5.78. The third-order valence-corrected chi connectivity index (χ3v) is 3.43. The van der Waals surface area contributed by atoms with Crippen LogP contribution < -0.4 is 15.4 Å². The number of amides is 2. The average molecular weight is 331 g/mol. The van der Waals surface area contributed by atoms with Crippen molar-refractivity contribution in [2.45, 2.75) is 45.6 Å². The largest absolute Gasteiger partial charge is 0.481 e. The van der Waals surface area contributed by atoms with Gasteiger partial charge >= 0.3 is 0 Å². The van der Waals surface area contributed by atoms with E-state index < -0.39 is 6.10 Å². The molecule has 0 bridgehead atoms. The molecule has 130 valence electrons. The smallest absolute Gasteiger partial charge is 0.260 e. The molecule has 0 heterocycles. The van der Waals surface area contributed by atoms with Crippen molar-refractivity contribution in [1.29, 1.82) is 5.26 Å². The first kappa shape index (κ1) is 19.5. The molecule has 0 saturated carbocycles. The first-order chi connectivity index (χ1) is 11.5. The van der Waals surface area contributed by atoms with Crippen LogP contribution in [0.1, 0.15) is 45.1 Å². The van der Waals surface area contributed by atoms with Crippen LogP contribution in [-0.2, 0) is 9.59 Å². The van der Waals surface area contributed by atoms with Crippen molar-refractivity contribution in [3.63, 3.8) is 0 Å². The predicted molar refractivity (Wildman–Crippen MR) is 91.5 cm³/mol. The average Bonchev–Trinajstić information content (AvgIpc) is 2.54. The molecule has 1 unspecified atom stereocenters. The molecule has 2 amide bonds. The Morgan fingerprint density at radius 2 is 1.83 bits per heavy atom. The van der Waals surface area contributed by atoms with E-state index in [1.165, 1.54) is 0 Å². The van der Waals surface area contributed by atoms with Gasteiger partial charge in [0.05, 0.1) is 6.07 Å². The molecule has 0 radical (unpaired) electrons. The number of carbonyl (C=O) groups excluding carboxylic acids is 2. The molecule has 1 aromatic carbocycles. The number of nitriles is 1. The van der Waals surface area contributed by atoms with Gasteiger partial charge in [0, 0.05) is 13.1 Å². The highest BCUT2D eigenvalue weighted by Gasteiger charge is 2.16. The SMILES string of the molecule is CC(Oc1ccccc1C(C)C)C(=O)NCCCNC(=O)CC#N. The number of para-hydroxylation sites is 1. The summed E-state index contributed by atoms with van der Waals surface area (Å²) in [5.74, 6) is 0.537. The van der Waals surface area contributed by atoms with Crippen LogP contribution in [0.4, 0.5) is 0 Å². The minimum Gasteiger partial charge on any atom is -0.481 e. The summed E-state index contributed by atoms with van der Waals surface area (Å²) in [7, 11) is 0. The van der Waals surface area contributed by atoms with Gasteiger partial charge in [0.15, 0.2) is 6.10 Å². The summed E-state index contributed by atoms with van der Waals surface area (Å²) in [6, 6.07) is 9.47. The van der Waals surface area contributed by atoms with Crippen LogP contribution in [0.25, 0.3) is 0 Å².